The van der Waals surface area contributed by atoms with Crippen molar-refractivity contribution in [1.29, 1.82) is 0 Å². The van der Waals surface area contributed by atoms with Gasteiger partial charge in [-0.05, 0) is 48.9 Å². The van der Waals surface area contributed by atoms with Crippen LogP contribution < -0.4 is 0 Å². The summed E-state index contributed by atoms with van der Waals surface area (Å²) in [6, 6.07) is 8.28. The highest BCUT2D eigenvalue weighted by atomic mass is 16.5. The Bertz CT molecular complexity index is 1250. The molecule has 8 heteroatoms. The van der Waals surface area contributed by atoms with Crippen molar-refractivity contribution in [2.45, 2.75) is 46.0 Å². The largest absolute Gasteiger partial charge is 0.508 e. The number of amides is 2. The van der Waals surface area contributed by atoms with Crippen molar-refractivity contribution in [2.24, 2.45) is 5.41 Å². The van der Waals surface area contributed by atoms with E-state index in [0.29, 0.717) is 60.7 Å². The Morgan fingerprint density at radius 3 is 2.35 bits per heavy atom. The van der Waals surface area contributed by atoms with E-state index in [1.165, 1.54) is 12.1 Å². The van der Waals surface area contributed by atoms with Gasteiger partial charge in [0.05, 0.1) is 16.6 Å². The molecule has 3 aromatic rings. The number of fused-ring (bicyclic) bond motifs is 1. The van der Waals surface area contributed by atoms with Crippen molar-refractivity contribution >= 4 is 22.9 Å². The summed E-state index contributed by atoms with van der Waals surface area (Å²) in [6.07, 6.45) is 2.83. The Labute approximate surface area is 198 Å². The quantitative estimate of drug-likeness (QED) is 0.629. The summed E-state index contributed by atoms with van der Waals surface area (Å²) in [5.41, 5.74) is 3.12. The van der Waals surface area contributed by atoms with Crippen molar-refractivity contribution in [3.8, 4) is 5.75 Å². The third kappa shape index (κ3) is 4.49. The third-order valence-corrected chi connectivity index (χ3v) is 6.41. The van der Waals surface area contributed by atoms with Gasteiger partial charge in [0.2, 0.25) is 0 Å². The minimum atomic E-state index is -0.142. The molecule has 1 saturated carbocycles. The van der Waals surface area contributed by atoms with E-state index < -0.39 is 0 Å². The molecular formula is C26H30N4O4. The number of piperazine rings is 1. The lowest BCUT2D eigenvalue weighted by atomic mass is 9.89. The standard InChI is InChI=1S/C26H30N4O4/c1-26(2,3)15-21-22-19(14-20(16-7-8-16)27-23(22)34-28-21)25(33)30-11-9-29(10-12-30)24(32)17-5-4-6-18(31)13-17/h4-6,13-14,16,31H,7-12,15H2,1-3H3. The number of benzene rings is 1. The fourth-order valence-corrected chi connectivity index (χ4v) is 4.51. The summed E-state index contributed by atoms with van der Waals surface area (Å²) < 4.78 is 5.59. The van der Waals surface area contributed by atoms with Crippen LogP contribution in [0.2, 0.25) is 0 Å². The van der Waals surface area contributed by atoms with E-state index in [-0.39, 0.29) is 23.0 Å². The SMILES string of the molecule is CC(C)(C)Cc1noc2nc(C3CC3)cc(C(=O)N3CCN(C(=O)c4cccc(O)c4)CC3)c12. The summed E-state index contributed by atoms with van der Waals surface area (Å²) in [5, 5.41) is 14.7. The molecule has 0 unspecified atom stereocenters. The normalized spacial score (nSPS) is 16.8. The van der Waals surface area contributed by atoms with Crippen LogP contribution in [0, 0.1) is 5.41 Å². The first kappa shape index (κ1) is 22.4. The van der Waals surface area contributed by atoms with Crippen molar-refractivity contribution in [1.82, 2.24) is 19.9 Å². The smallest absolute Gasteiger partial charge is 0.259 e. The lowest BCUT2D eigenvalue weighted by molar-refractivity contribution is 0.0536. The van der Waals surface area contributed by atoms with Crippen LogP contribution in [0.15, 0.2) is 34.9 Å². The van der Waals surface area contributed by atoms with E-state index in [2.05, 4.69) is 30.9 Å². The molecule has 34 heavy (non-hydrogen) atoms. The molecule has 2 fully saturated rings. The molecular weight excluding hydrogens is 432 g/mol. The highest BCUT2D eigenvalue weighted by Crippen LogP contribution is 2.41. The number of hydrogen-bond donors (Lipinski definition) is 1. The van der Waals surface area contributed by atoms with Crippen molar-refractivity contribution in [2.75, 3.05) is 26.2 Å². The van der Waals surface area contributed by atoms with Crippen LogP contribution in [0.3, 0.4) is 0 Å². The molecule has 5 rings (SSSR count). The molecule has 2 amide bonds. The fourth-order valence-electron chi connectivity index (χ4n) is 4.51. The highest BCUT2D eigenvalue weighted by molar-refractivity contribution is 6.06. The first-order chi connectivity index (χ1) is 16.2. The second kappa shape index (κ2) is 8.42. The molecule has 0 atom stereocenters. The zero-order chi connectivity index (χ0) is 24.0. The maximum Gasteiger partial charge on any atom is 0.259 e. The fraction of sp³-hybridized carbons (Fsp3) is 0.462. The molecule has 0 spiro atoms. The third-order valence-electron chi connectivity index (χ3n) is 6.41. The number of rotatable bonds is 4. The molecule has 1 N–H and O–H groups in total. The van der Waals surface area contributed by atoms with E-state index in [0.717, 1.165) is 24.2 Å². The molecule has 1 aliphatic heterocycles. The number of aromatic hydroxyl groups is 1. The Hall–Kier alpha value is -3.42. The maximum absolute atomic E-state index is 13.7. The van der Waals surface area contributed by atoms with Crippen LogP contribution in [0.1, 0.15) is 71.6 Å². The average Bonchev–Trinajstić information content (AvgIpc) is 3.59. The Morgan fingerprint density at radius 2 is 1.74 bits per heavy atom. The number of aromatic nitrogens is 2. The van der Waals surface area contributed by atoms with Gasteiger partial charge in [-0.15, -0.1) is 0 Å². The predicted octanol–water partition coefficient (Wildman–Crippen LogP) is 3.99. The monoisotopic (exact) mass is 462 g/mol. The summed E-state index contributed by atoms with van der Waals surface area (Å²) in [5.74, 6) is 0.227. The highest BCUT2D eigenvalue weighted by Gasteiger charge is 2.32. The number of phenols is 1. The van der Waals surface area contributed by atoms with Gasteiger partial charge in [-0.1, -0.05) is 32.0 Å². The van der Waals surface area contributed by atoms with E-state index in [9.17, 15) is 14.7 Å². The zero-order valence-corrected chi connectivity index (χ0v) is 19.9. The molecule has 2 aliphatic rings. The number of pyridine rings is 1. The van der Waals surface area contributed by atoms with Gasteiger partial charge < -0.3 is 19.4 Å². The van der Waals surface area contributed by atoms with Crippen LogP contribution in [0.5, 0.6) is 5.75 Å². The second-order valence-corrected chi connectivity index (χ2v) is 10.6. The van der Waals surface area contributed by atoms with Gasteiger partial charge in [0.25, 0.3) is 17.5 Å². The first-order valence-corrected chi connectivity index (χ1v) is 11.9. The van der Waals surface area contributed by atoms with Gasteiger partial charge in [0, 0.05) is 43.4 Å². The molecule has 178 valence electrons. The number of carbonyl (C=O) groups is 2. The van der Waals surface area contributed by atoms with E-state index in [1.807, 2.05) is 6.07 Å². The van der Waals surface area contributed by atoms with Crippen LogP contribution in [-0.2, 0) is 6.42 Å². The summed E-state index contributed by atoms with van der Waals surface area (Å²) in [4.78, 5) is 34.7. The van der Waals surface area contributed by atoms with E-state index in [1.54, 1.807) is 21.9 Å². The Morgan fingerprint density at radius 1 is 1.06 bits per heavy atom. The zero-order valence-electron chi connectivity index (χ0n) is 19.9. The summed E-state index contributed by atoms with van der Waals surface area (Å²) in [6.45, 7) is 8.12. The topological polar surface area (TPSA) is 99.8 Å². The lowest BCUT2D eigenvalue weighted by Crippen LogP contribution is -2.50. The minimum Gasteiger partial charge on any atom is -0.508 e. The van der Waals surface area contributed by atoms with Crippen molar-refractivity contribution < 1.29 is 19.2 Å². The number of nitrogens with zero attached hydrogens (tertiary/aromatic N) is 4. The van der Waals surface area contributed by atoms with E-state index in [4.69, 9.17) is 4.52 Å². The number of hydrogen-bond acceptors (Lipinski definition) is 6. The van der Waals surface area contributed by atoms with Crippen LogP contribution in [-0.4, -0.2) is 63.0 Å². The molecule has 1 aromatic carbocycles. The van der Waals surface area contributed by atoms with Crippen LogP contribution in [0.25, 0.3) is 11.1 Å². The van der Waals surface area contributed by atoms with Crippen LogP contribution >= 0.6 is 0 Å². The molecule has 3 heterocycles. The second-order valence-electron chi connectivity index (χ2n) is 10.6. The number of phenolic OH excluding ortho intramolecular Hbond substituents is 1. The molecule has 8 nitrogen and oxygen atoms in total. The summed E-state index contributed by atoms with van der Waals surface area (Å²) >= 11 is 0. The van der Waals surface area contributed by atoms with Gasteiger partial charge in [0.15, 0.2) is 0 Å². The number of carbonyl (C=O) groups excluding carboxylic acids is 2. The van der Waals surface area contributed by atoms with Gasteiger partial charge in [-0.2, -0.15) is 0 Å². The van der Waals surface area contributed by atoms with Gasteiger partial charge in [-0.25, -0.2) is 4.98 Å². The molecule has 1 aliphatic carbocycles. The van der Waals surface area contributed by atoms with Crippen molar-refractivity contribution in [3.63, 3.8) is 0 Å². The van der Waals surface area contributed by atoms with Crippen molar-refractivity contribution in [3.05, 3.63) is 52.8 Å². The van der Waals surface area contributed by atoms with Gasteiger partial charge in [-0.3, -0.25) is 9.59 Å². The van der Waals surface area contributed by atoms with Crippen LogP contribution in [0.4, 0.5) is 0 Å². The van der Waals surface area contributed by atoms with Gasteiger partial charge in [0.1, 0.15) is 5.75 Å². The Balaban J connectivity index is 1.39. The molecule has 2 aromatic heterocycles. The summed E-state index contributed by atoms with van der Waals surface area (Å²) in [7, 11) is 0. The molecule has 0 radical (unpaired) electrons. The van der Waals surface area contributed by atoms with E-state index >= 15 is 0 Å². The maximum atomic E-state index is 13.7. The molecule has 0 bridgehead atoms. The Kier molecular flexibility index (Phi) is 5.54. The predicted molar refractivity (Wildman–Crippen MR) is 127 cm³/mol. The minimum absolute atomic E-state index is 0.0167. The van der Waals surface area contributed by atoms with Gasteiger partial charge >= 0.3 is 0 Å². The molecule has 1 saturated heterocycles. The average molecular weight is 463 g/mol. The lowest BCUT2D eigenvalue weighted by Gasteiger charge is -2.35. The first-order valence-electron chi connectivity index (χ1n) is 11.9.